The van der Waals surface area contributed by atoms with Crippen molar-refractivity contribution in [1.82, 2.24) is 9.80 Å². The van der Waals surface area contributed by atoms with Gasteiger partial charge < -0.3 is 29.1 Å². The Hall–Kier alpha value is -3.52. The number of likely N-dealkylation sites (tertiary alicyclic amines) is 1. The number of ether oxygens (including phenoxy) is 3. The van der Waals surface area contributed by atoms with Crippen LogP contribution in [0.25, 0.3) is 5.76 Å². The number of benzene rings is 2. The molecule has 8 nitrogen and oxygen atoms in total. The summed E-state index contributed by atoms with van der Waals surface area (Å²) in [6.45, 7) is 10.7. The van der Waals surface area contributed by atoms with Gasteiger partial charge in [0.1, 0.15) is 24.7 Å². The number of hydrogen-bond donors (Lipinski definition) is 1. The van der Waals surface area contributed by atoms with E-state index in [9.17, 15) is 14.7 Å². The van der Waals surface area contributed by atoms with E-state index < -0.39 is 17.7 Å². The van der Waals surface area contributed by atoms with Crippen LogP contribution in [0.1, 0.15) is 50.8 Å². The molecule has 1 atom stereocenters. The molecule has 0 spiro atoms. The second kappa shape index (κ2) is 12.1. The highest BCUT2D eigenvalue weighted by Crippen LogP contribution is 2.41. The first kappa shape index (κ1) is 26.5. The molecule has 1 unspecified atom stereocenters. The molecule has 4 rings (SSSR count). The van der Waals surface area contributed by atoms with Crippen LogP contribution in [0.2, 0.25) is 0 Å². The lowest BCUT2D eigenvalue weighted by Gasteiger charge is -2.27. The number of Topliss-reactive ketones (excluding diaryl/α,β-unsaturated/α-hetero) is 1. The fourth-order valence-electron chi connectivity index (χ4n) is 4.80. The van der Waals surface area contributed by atoms with E-state index in [0.717, 1.165) is 31.6 Å². The Morgan fingerprint density at radius 3 is 2.54 bits per heavy atom. The van der Waals surface area contributed by atoms with Gasteiger partial charge in [-0.1, -0.05) is 32.9 Å². The highest BCUT2D eigenvalue weighted by molar-refractivity contribution is 6.46. The average Bonchev–Trinajstić information content (AvgIpc) is 3.18. The largest absolute Gasteiger partial charge is 0.507 e. The van der Waals surface area contributed by atoms with Crippen LogP contribution in [-0.4, -0.2) is 72.6 Å². The third-order valence-electron chi connectivity index (χ3n) is 6.77. The molecule has 2 aromatic rings. The fraction of sp³-hybridized carbons (Fsp3) is 0.448. The SMILES string of the molecule is CCCOc1cccc(C2/C(=C(/O)c3ccc4c(c3)OCCO4)C(=O)C(=O)N2CCCN(CC)CC)c1. The van der Waals surface area contributed by atoms with Gasteiger partial charge in [0.15, 0.2) is 11.5 Å². The van der Waals surface area contributed by atoms with Gasteiger partial charge in [0.05, 0.1) is 18.2 Å². The van der Waals surface area contributed by atoms with E-state index in [1.54, 1.807) is 23.1 Å². The van der Waals surface area contributed by atoms with Crippen molar-refractivity contribution in [3.05, 3.63) is 59.2 Å². The molecule has 0 radical (unpaired) electrons. The highest BCUT2D eigenvalue weighted by Gasteiger charge is 2.46. The van der Waals surface area contributed by atoms with Crippen LogP contribution in [0.3, 0.4) is 0 Å². The molecule has 8 heteroatoms. The van der Waals surface area contributed by atoms with Crippen LogP contribution in [-0.2, 0) is 9.59 Å². The van der Waals surface area contributed by atoms with Crippen molar-refractivity contribution in [2.45, 2.75) is 39.7 Å². The molecule has 2 heterocycles. The van der Waals surface area contributed by atoms with Crippen molar-refractivity contribution < 1.29 is 28.9 Å². The predicted octanol–water partition coefficient (Wildman–Crippen LogP) is 4.40. The molecular formula is C29H36N2O6. The van der Waals surface area contributed by atoms with Crippen LogP contribution < -0.4 is 14.2 Å². The van der Waals surface area contributed by atoms with Gasteiger partial charge in [-0.05, 0) is 68.4 Å². The number of hydrogen-bond acceptors (Lipinski definition) is 7. The lowest BCUT2D eigenvalue weighted by Crippen LogP contribution is -2.33. The summed E-state index contributed by atoms with van der Waals surface area (Å²) in [5.74, 6) is 0.203. The Labute approximate surface area is 218 Å². The van der Waals surface area contributed by atoms with Crippen LogP contribution >= 0.6 is 0 Å². The number of ketones is 1. The van der Waals surface area contributed by atoms with Gasteiger partial charge in [0.25, 0.3) is 11.7 Å². The second-order valence-corrected chi connectivity index (χ2v) is 9.15. The van der Waals surface area contributed by atoms with Crippen molar-refractivity contribution in [1.29, 1.82) is 0 Å². The summed E-state index contributed by atoms with van der Waals surface area (Å²) >= 11 is 0. The van der Waals surface area contributed by atoms with Gasteiger partial charge in [0.2, 0.25) is 0 Å². The monoisotopic (exact) mass is 508 g/mol. The Morgan fingerprint density at radius 2 is 1.81 bits per heavy atom. The lowest BCUT2D eigenvalue weighted by molar-refractivity contribution is -0.140. The number of nitrogens with zero attached hydrogens (tertiary/aromatic N) is 2. The number of carbonyl (C=O) groups excluding carboxylic acids is 2. The number of amides is 1. The van der Waals surface area contributed by atoms with E-state index in [2.05, 4.69) is 18.7 Å². The van der Waals surface area contributed by atoms with Crippen molar-refractivity contribution in [2.75, 3.05) is 46.0 Å². The summed E-state index contributed by atoms with van der Waals surface area (Å²) in [5.41, 5.74) is 1.18. The minimum absolute atomic E-state index is 0.0668. The van der Waals surface area contributed by atoms with E-state index in [0.29, 0.717) is 55.6 Å². The molecule has 1 fully saturated rings. The van der Waals surface area contributed by atoms with Crippen LogP contribution in [0.15, 0.2) is 48.0 Å². The minimum Gasteiger partial charge on any atom is -0.507 e. The number of rotatable bonds is 11. The minimum atomic E-state index is -0.727. The molecular weight excluding hydrogens is 472 g/mol. The molecule has 0 aliphatic carbocycles. The van der Waals surface area contributed by atoms with Gasteiger partial charge >= 0.3 is 0 Å². The predicted molar refractivity (Wildman–Crippen MR) is 141 cm³/mol. The van der Waals surface area contributed by atoms with Crippen molar-refractivity contribution in [3.8, 4) is 17.2 Å². The second-order valence-electron chi connectivity index (χ2n) is 9.15. The molecule has 1 amide bonds. The van der Waals surface area contributed by atoms with Crippen LogP contribution in [0, 0.1) is 0 Å². The van der Waals surface area contributed by atoms with E-state index in [1.165, 1.54) is 0 Å². The quantitative estimate of drug-likeness (QED) is 0.273. The molecule has 0 aromatic heterocycles. The summed E-state index contributed by atoms with van der Waals surface area (Å²) in [6, 6.07) is 11.7. The number of carbonyl (C=O) groups is 2. The molecule has 2 aliphatic rings. The first-order valence-corrected chi connectivity index (χ1v) is 13.1. The van der Waals surface area contributed by atoms with Crippen LogP contribution in [0.5, 0.6) is 17.2 Å². The maximum absolute atomic E-state index is 13.4. The van der Waals surface area contributed by atoms with Crippen molar-refractivity contribution >= 4 is 17.4 Å². The molecule has 0 saturated carbocycles. The first-order chi connectivity index (χ1) is 18.0. The summed E-state index contributed by atoms with van der Waals surface area (Å²) in [4.78, 5) is 30.5. The summed E-state index contributed by atoms with van der Waals surface area (Å²) in [7, 11) is 0. The molecule has 2 aliphatic heterocycles. The highest BCUT2D eigenvalue weighted by atomic mass is 16.6. The van der Waals surface area contributed by atoms with Gasteiger partial charge in [0, 0.05) is 12.1 Å². The molecule has 198 valence electrons. The fourth-order valence-corrected chi connectivity index (χ4v) is 4.80. The Morgan fingerprint density at radius 1 is 1.05 bits per heavy atom. The lowest BCUT2D eigenvalue weighted by atomic mass is 9.95. The Bertz CT molecular complexity index is 1160. The molecule has 1 N–H and O–H groups in total. The summed E-state index contributed by atoms with van der Waals surface area (Å²) in [5, 5.41) is 11.4. The smallest absolute Gasteiger partial charge is 0.295 e. The molecule has 0 bridgehead atoms. The molecule has 1 saturated heterocycles. The zero-order valence-corrected chi connectivity index (χ0v) is 21.9. The molecule has 2 aromatic carbocycles. The zero-order chi connectivity index (χ0) is 26.4. The first-order valence-electron chi connectivity index (χ1n) is 13.1. The van der Waals surface area contributed by atoms with Gasteiger partial charge in [-0.2, -0.15) is 0 Å². The number of aliphatic hydroxyl groups is 1. The zero-order valence-electron chi connectivity index (χ0n) is 21.9. The van der Waals surface area contributed by atoms with E-state index >= 15 is 0 Å². The van der Waals surface area contributed by atoms with Gasteiger partial charge in [-0.25, -0.2) is 0 Å². The van der Waals surface area contributed by atoms with E-state index in [1.807, 2.05) is 31.2 Å². The van der Waals surface area contributed by atoms with E-state index in [4.69, 9.17) is 14.2 Å². The summed E-state index contributed by atoms with van der Waals surface area (Å²) < 4.78 is 17.1. The third-order valence-corrected chi connectivity index (χ3v) is 6.77. The number of fused-ring (bicyclic) bond motifs is 1. The topological polar surface area (TPSA) is 88.5 Å². The Kier molecular flexibility index (Phi) is 8.71. The van der Waals surface area contributed by atoms with E-state index in [-0.39, 0.29) is 11.3 Å². The summed E-state index contributed by atoms with van der Waals surface area (Å²) in [6.07, 6.45) is 1.57. The third kappa shape index (κ3) is 5.74. The van der Waals surface area contributed by atoms with Crippen molar-refractivity contribution in [2.24, 2.45) is 0 Å². The normalized spacial score (nSPS) is 18.5. The van der Waals surface area contributed by atoms with Gasteiger partial charge in [-0.15, -0.1) is 0 Å². The molecule has 37 heavy (non-hydrogen) atoms. The Balaban J connectivity index is 1.74. The van der Waals surface area contributed by atoms with Crippen LogP contribution in [0.4, 0.5) is 0 Å². The maximum Gasteiger partial charge on any atom is 0.295 e. The average molecular weight is 509 g/mol. The van der Waals surface area contributed by atoms with Gasteiger partial charge in [-0.3, -0.25) is 9.59 Å². The number of aliphatic hydroxyl groups excluding tert-OH is 1. The maximum atomic E-state index is 13.4. The van der Waals surface area contributed by atoms with Crippen molar-refractivity contribution in [3.63, 3.8) is 0 Å². The standard InChI is InChI=1S/C29H36N2O6/c1-4-15-35-22-10-7-9-20(18-22)26-25(27(32)21-11-12-23-24(19-21)37-17-16-36-23)28(33)29(34)31(26)14-8-13-30(5-2)6-3/h7,9-12,18-19,26,32H,4-6,8,13-17H2,1-3H3/b27-25-.